The highest BCUT2D eigenvalue weighted by atomic mass is 32.1. The van der Waals surface area contributed by atoms with Crippen molar-refractivity contribution in [2.75, 3.05) is 29.6 Å². The molecule has 3 rings (SSSR count). The summed E-state index contributed by atoms with van der Waals surface area (Å²) in [5.74, 6) is -1.05. The number of amides is 1. The van der Waals surface area contributed by atoms with Crippen LogP contribution in [0.1, 0.15) is 28.9 Å². The second-order valence-electron chi connectivity index (χ2n) is 7.32. The summed E-state index contributed by atoms with van der Waals surface area (Å²) < 4.78 is 13.7. The summed E-state index contributed by atoms with van der Waals surface area (Å²) in [4.78, 5) is 14.3. The lowest BCUT2D eigenvalue weighted by molar-refractivity contribution is 0.102. The van der Waals surface area contributed by atoms with Crippen molar-refractivity contribution in [1.82, 2.24) is 5.32 Å². The molecule has 0 aliphatic heterocycles. The second kappa shape index (κ2) is 10.0. The summed E-state index contributed by atoms with van der Waals surface area (Å²) in [5, 5.41) is 9.59. The van der Waals surface area contributed by atoms with Gasteiger partial charge in [-0.25, -0.2) is 4.39 Å². The summed E-state index contributed by atoms with van der Waals surface area (Å²) >= 11 is 5.43. The van der Waals surface area contributed by atoms with E-state index in [0.717, 1.165) is 16.9 Å². The molecule has 7 heteroatoms. The van der Waals surface area contributed by atoms with Crippen LogP contribution < -0.4 is 20.9 Å². The molecule has 0 saturated carbocycles. The molecule has 0 fully saturated rings. The molecule has 0 aliphatic carbocycles. The van der Waals surface area contributed by atoms with E-state index in [9.17, 15) is 9.18 Å². The van der Waals surface area contributed by atoms with Crippen molar-refractivity contribution in [2.24, 2.45) is 0 Å². The molecule has 3 aromatic carbocycles. The monoisotopic (exact) mass is 436 g/mol. The minimum atomic E-state index is -0.556. The number of hydrogen-bond donors (Lipinski definition) is 3. The molecule has 3 N–H and O–H groups in total. The molecule has 0 radical (unpaired) electrons. The maximum atomic E-state index is 13.7. The molecule has 0 saturated heterocycles. The molecule has 1 unspecified atom stereocenters. The molecule has 0 spiro atoms. The first-order valence-electron chi connectivity index (χ1n) is 9.84. The standard InChI is InChI=1S/C24H25FN4OS/c1-16(17-7-6-8-20(15-17)29(2)3)26-24(31)28-19-13-11-18(12-14-19)27-23(30)21-9-4-5-10-22(21)25/h4-16H,1-3H3,(H,27,30)(H2,26,28,31). The van der Waals surface area contributed by atoms with Crippen molar-refractivity contribution < 1.29 is 9.18 Å². The van der Waals surface area contributed by atoms with Crippen LogP contribution in [0.5, 0.6) is 0 Å². The fourth-order valence-electron chi connectivity index (χ4n) is 3.00. The van der Waals surface area contributed by atoms with Crippen LogP contribution in [-0.2, 0) is 0 Å². The normalized spacial score (nSPS) is 11.4. The second-order valence-corrected chi connectivity index (χ2v) is 7.73. The predicted molar refractivity (Wildman–Crippen MR) is 129 cm³/mol. The Bertz CT molecular complexity index is 1070. The molecule has 0 bridgehead atoms. The number of carbonyl (C=O) groups excluding carboxylic acids is 1. The number of hydrogen-bond acceptors (Lipinski definition) is 3. The van der Waals surface area contributed by atoms with Crippen molar-refractivity contribution >= 4 is 40.3 Å². The van der Waals surface area contributed by atoms with E-state index in [0.29, 0.717) is 10.8 Å². The summed E-state index contributed by atoms with van der Waals surface area (Å²) in [6, 6.07) is 21.2. The zero-order chi connectivity index (χ0) is 22.4. The largest absolute Gasteiger partial charge is 0.378 e. The smallest absolute Gasteiger partial charge is 0.258 e. The van der Waals surface area contributed by atoms with Crippen LogP contribution >= 0.6 is 12.2 Å². The van der Waals surface area contributed by atoms with Crippen LogP contribution in [0.25, 0.3) is 0 Å². The molecule has 1 atom stereocenters. The highest BCUT2D eigenvalue weighted by molar-refractivity contribution is 7.80. The topological polar surface area (TPSA) is 56.4 Å². The van der Waals surface area contributed by atoms with Gasteiger partial charge in [-0.2, -0.15) is 0 Å². The van der Waals surface area contributed by atoms with E-state index in [1.807, 2.05) is 27.1 Å². The van der Waals surface area contributed by atoms with E-state index >= 15 is 0 Å². The van der Waals surface area contributed by atoms with E-state index in [2.05, 4.69) is 39.0 Å². The fourth-order valence-corrected chi connectivity index (χ4v) is 3.29. The Labute approximate surface area is 187 Å². The molecule has 160 valence electrons. The zero-order valence-corrected chi connectivity index (χ0v) is 18.5. The Kier molecular flexibility index (Phi) is 7.20. The third kappa shape index (κ3) is 6.02. The van der Waals surface area contributed by atoms with E-state index in [4.69, 9.17) is 12.2 Å². The minimum Gasteiger partial charge on any atom is -0.378 e. The summed E-state index contributed by atoms with van der Waals surface area (Å²) in [7, 11) is 4.01. The number of benzene rings is 3. The van der Waals surface area contributed by atoms with Gasteiger partial charge in [-0.05, 0) is 73.2 Å². The van der Waals surface area contributed by atoms with Crippen molar-refractivity contribution in [3.8, 4) is 0 Å². The first kappa shape index (κ1) is 22.2. The van der Waals surface area contributed by atoms with E-state index in [1.165, 1.54) is 12.1 Å². The van der Waals surface area contributed by atoms with Crippen LogP contribution in [0.2, 0.25) is 0 Å². The molecule has 0 aromatic heterocycles. The Balaban J connectivity index is 1.57. The number of halogens is 1. The van der Waals surface area contributed by atoms with Crippen LogP contribution in [0.4, 0.5) is 21.5 Å². The summed E-state index contributed by atoms with van der Waals surface area (Å²) in [6.45, 7) is 2.05. The molecule has 31 heavy (non-hydrogen) atoms. The van der Waals surface area contributed by atoms with Gasteiger partial charge < -0.3 is 20.9 Å². The average molecular weight is 437 g/mol. The molecule has 0 aliphatic rings. The quantitative estimate of drug-likeness (QED) is 0.464. The molecule has 0 heterocycles. The third-order valence-corrected chi connectivity index (χ3v) is 4.97. The fraction of sp³-hybridized carbons (Fsp3) is 0.167. The summed E-state index contributed by atoms with van der Waals surface area (Å²) in [6.07, 6.45) is 0. The Morgan fingerprint density at radius 1 is 0.935 bits per heavy atom. The summed E-state index contributed by atoms with van der Waals surface area (Å²) in [5.41, 5.74) is 3.59. The average Bonchev–Trinajstić information content (AvgIpc) is 2.75. The van der Waals surface area contributed by atoms with E-state index < -0.39 is 11.7 Å². The lowest BCUT2D eigenvalue weighted by Gasteiger charge is -2.20. The molecular weight excluding hydrogens is 411 g/mol. The van der Waals surface area contributed by atoms with Gasteiger partial charge in [-0.3, -0.25) is 4.79 Å². The minimum absolute atomic E-state index is 0.00223. The highest BCUT2D eigenvalue weighted by Crippen LogP contribution is 2.20. The van der Waals surface area contributed by atoms with Gasteiger partial charge in [0.15, 0.2) is 5.11 Å². The molecule has 3 aromatic rings. The van der Waals surface area contributed by atoms with Gasteiger partial charge in [-0.15, -0.1) is 0 Å². The maximum absolute atomic E-state index is 13.7. The Hall–Kier alpha value is -3.45. The number of nitrogens with one attached hydrogen (secondary N) is 3. The predicted octanol–water partition coefficient (Wildman–Crippen LogP) is 5.19. The SMILES string of the molecule is CC(NC(=S)Nc1ccc(NC(=O)c2ccccc2F)cc1)c1cccc(N(C)C)c1. The first-order chi connectivity index (χ1) is 14.8. The van der Waals surface area contributed by atoms with Crippen LogP contribution in [-0.4, -0.2) is 25.1 Å². The van der Waals surface area contributed by atoms with Crippen molar-refractivity contribution in [3.05, 3.63) is 89.7 Å². The molecule has 5 nitrogen and oxygen atoms in total. The molecular formula is C24H25FN4OS. The van der Waals surface area contributed by atoms with Gasteiger partial charge in [0.05, 0.1) is 11.6 Å². The van der Waals surface area contributed by atoms with Gasteiger partial charge in [-0.1, -0.05) is 24.3 Å². The van der Waals surface area contributed by atoms with Gasteiger partial charge in [0.2, 0.25) is 0 Å². The van der Waals surface area contributed by atoms with Crippen molar-refractivity contribution in [1.29, 1.82) is 0 Å². The Morgan fingerprint density at radius 3 is 2.23 bits per heavy atom. The molecule has 1 amide bonds. The van der Waals surface area contributed by atoms with Gasteiger partial charge in [0.1, 0.15) is 5.82 Å². The van der Waals surface area contributed by atoms with Gasteiger partial charge in [0, 0.05) is 31.2 Å². The first-order valence-corrected chi connectivity index (χ1v) is 10.2. The zero-order valence-electron chi connectivity index (χ0n) is 17.6. The maximum Gasteiger partial charge on any atom is 0.258 e. The van der Waals surface area contributed by atoms with Crippen LogP contribution in [0.15, 0.2) is 72.8 Å². The van der Waals surface area contributed by atoms with E-state index in [1.54, 1.807) is 36.4 Å². The highest BCUT2D eigenvalue weighted by Gasteiger charge is 2.11. The van der Waals surface area contributed by atoms with Crippen molar-refractivity contribution in [3.63, 3.8) is 0 Å². The lowest BCUT2D eigenvalue weighted by atomic mass is 10.1. The van der Waals surface area contributed by atoms with Crippen molar-refractivity contribution in [2.45, 2.75) is 13.0 Å². The number of rotatable bonds is 6. The number of anilines is 3. The Morgan fingerprint density at radius 2 is 1.58 bits per heavy atom. The van der Waals surface area contributed by atoms with Gasteiger partial charge >= 0.3 is 0 Å². The lowest BCUT2D eigenvalue weighted by Crippen LogP contribution is -2.31. The van der Waals surface area contributed by atoms with E-state index in [-0.39, 0.29) is 11.6 Å². The van der Waals surface area contributed by atoms with Gasteiger partial charge in [0.25, 0.3) is 5.91 Å². The number of thiocarbonyl (C=S) groups is 1. The van der Waals surface area contributed by atoms with Crippen LogP contribution in [0, 0.1) is 5.82 Å². The number of nitrogens with zero attached hydrogens (tertiary/aromatic N) is 1. The van der Waals surface area contributed by atoms with Crippen LogP contribution in [0.3, 0.4) is 0 Å². The number of carbonyl (C=O) groups is 1. The third-order valence-electron chi connectivity index (χ3n) is 4.75.